The second-order valence-corrected chi connectivity index (χ2v) is 8.28. The third-order valence-electron chi connectivity index (χ3n) is 4.63. The Morgan fingerprint density at radius 3 is 1.61 bits per heavy atom. The molecule has 2 rings (SSSR count). The Morgan fingerprint density at radius 2 is 1.23 bits per heavy atom. The zero-order chi connectivity index (χ0) is 22.6. The predicted octanol–water partition coefficient (Wildman–Crippen LogP) is 4.04. The normalized spacial score (nSPS) is 12.3. The maximum absolute atomic E-state index is 13.1. The van der Waals surface area contributed by atoms with Crippen molar-refractivity contribution in [1.82, 2.24) is 0 Å². The van der Waals surface area contributed by atoms with Gasteiger partial charge in [0.05, 0.1) is 38.8 Å². The van der Waals surface area contributed by atoms with E-state index in [9.17, 15) is 26.3 Å². The summed E-state index contributed by atoms with van der Waals surface area (Å²) in [7, 11) is 6.19. The van der Waals surface area contributed by atoms with E-state index in [-0.39, 0.29) is 35.1 Å². The van der Waals surface area contributed by atoms with Crippen LogP contribution in [-0.4, -0.2) is 32.2 Å². The highest BCUT2D eigenvalue weighted by atomic mass is 127. The molecule has 8 heteroatoms. The number of benzene rings is 2. The molecule has 31 heavy (non-hydrogen) atoms. The average Bonchev–Trinajstić information content (AvgIpc) is 2.62. The van der Waals surface area contributed by atoms with Crippen LogP contribution in [0.3, 0.4) is 0 Å². The Hall–Kier alpha value is -1.55. The molecule has 0 heterocycles. The van der Waals surface area contributed by atoms with E-state index in [1.54, 1.807) is 6.08 Å². The van der Waals surface area contributed by atoms with E-state index in [2.05, 4.69) is 21.1 Å². The van der Waals surface area contributed by atoms with Crippen LogP contribution in [0.2, 0.25) is 0 Å². The number of allylic oxidation sites excluding steroid dienone is 1. The van der Waals surface area contributed by atoms with Crippen LogP contribution in [-0.2, 0) is 12.4 Å². The van der Waals surface area contributed by atoms with Gasteiger partial charge in [0.2, 0.25) is 0 Å². The van der Waals surface area contributed by atoms with E-state index in [0.717, 1.165) is 48.1 Å². The van der Waals surface area contributed by atoms with E-state index in [1.807, 2.05) is 0 Å². The predicted molar refractivity (Wildman–Crippen MR) is 107 cm³/mol. The molecule has 0 aliphatic rings. The molecule has 0 aliphatic carbocycles. The van der Waals surface area contributed by atoms with Gasteiger partial charge in [0, 0.05) is 0 Å². The summed E-state index contributed by atoms with van der Waals surface area (Å²) in [5.41, 5.74) is -0.797. The first kappa shape index (κ1) is 27.5. The van der Waals surface area contributed by atoms with E-state index >= 15 is 0 Å². The third kappa shape index (κ3) is 8.84. The van der Waals surface area contributed by atoms with Gasteiger partial charge in [-0.2, -0.15) is 26.3 Å². The average molecular weight is 557 g/mol. The lowest BCUT2D eigenvalue weighted by molar-refractivity contribution is -0.870. The van der Waals surface area contributed by atoms with E-state index in [0.29, 0.717) is 12.0 Å². The monoisotopic (exact) mass is 557 g/mol. The van der Waals surface area contributed by atoms with Crippen LogP contribution in [0.15, 0.2) is 54.6 Å². The van der Waals surface area contributed by atoms with Gasteiger partial charge in [-0.1, -0.05) is 30.3 Å². The fourth-order valence-corrected chi connectivity index (χ4v) is 3.11. The van der Waals surface area contributed by atoms with Gasteiger partial charge in [-0.25, -0.2) is 0 Å². The Labute approximate surface area is 196 Å². The first-order chi connectivity index (χ1) is 13.8. The maximum Gasteiger partial charge on any atom is 0.416 e. The fraction of sp³-hybridized carbons (Fsp3) is 0.391. The minimum atomic E-state index is -4.53. The van der Waals surface area contributed by atoms with Crippen LogP contribution in [0.5, 0.6) is 0 Å². The summed E-state index contributed by atoms with van der Waals surface area (Å²) >= 11 is 0. The Morgan fingerprint density at radius 1 is 0.774 bits per heavy atom. The van der Waals surface area contributed by atoms with Crippen LogP contribution < -0.4 is 24.0 Å². The highest BCUT2D eigenvalue weighted by Gasteiger charge is 2.32. The third-order valence-corrected chi connectivity index (χ3v) is 4.63. The zero-order valence-corrected chi connectivity index (χ0v) is 19.8. The number of halogens is 7. The van der Waals surface area contributed by atoms with Crippen LogP contribution >= 0.6 is 0 Å². The molecule has 1 nitrogen and oxygen atoms in total. The molecule has 0 unspecified atom stereocenters. The van der Waals surface area contributed by atoms with Gasteiger partial charge in [-0.05, 0) is 60.2 Å². The molecule has 2 aromatic rings. The highest BCUT2D eigenvalue weighted by molar-refractivity contribution is 5.80. The zero-order valence-electron chi connectivity index (χ0n) is 17.6. The van der Waals surface area contributed by atoms with E-state index in [1.165, 1.54) is 24.3 Å². The van der Waals surface area contributed by atoms with E-state index in [4.69, 9.17) is 0 Å². The molecular weight excluding hydrogens is 531 g/mol. The number of nitrogens with zero attached hydrogens (tertiary/aromatic N) is 1. The molecule has 0 bridgehead atoms. The quantitative estimate of drug-likeness (QED) is 0.209. The number of hydrogen-bond donors (Lipinski definition) is 0. The SMILES string of the molecule is C[N+](C)(C)CCCCC=C(c1cccc(C(F)(F)F)c1)c1cccc(C(F)(F)F)c1.[I-]. The second-order valence-electron chi connectivity index (χ2n) is 8.28. The molecule has 0 saturated heterocycles. The molecule has 0 spiro atoms. The molecule has 0 fully saturated rings. The minimum absolute atomic E-state index is 0. The van der Waals surface area contributed by atoms with Crippen molar-refractivity contribution in [2.24, 2.45) is 0 Å². The van der Waals surface area contributed by atoms with Gasteiger partial charge in [-0.3, -0.25) is 0 Å². The Kier molecular flexibility index (Phi) is 9.62. The van der Waals surface area contributed by atoms with E-state index < -0.39 is 23.5 Å². The summed E-state index contributed by atoms with van der Waals surface area (Å²) in [5.74, 6) is 0. The van der Waals surface area contributed by atoms with Gasteiger partial charge in [0.1, 0.15) is 0 Å². The molecule has 0 aliphatic heterocycles. The van der Waals surface area contributed by atoms with Crippen molar-refractivity contribution in [2.45, 2.75) is 31.6 Å². The summed E-state index contributed by atoms with van der Waals surface area (Å²) in [4.78, 5) is 0. The molecule has 0 radical (unpaired) electrons. The summed E-state index contributed by atoms with van der Waals surface area (Å²) in [5, 5.41) is 0. The molecule has 0 N–H and O–H groups in total. The molecular formula is C23H26F6IN. The van der Waals surface area contributed by atoms with Crippen molar-refractivity contribution in [2.75, 3.05) is 27.7 Å². The molecule has 172 valence electrons. The fourth-order valence-electron chi connectivity index (χ4n) is 3.11. The standard InChI is InChI=1S/C23H26F6N.HI/c1-30(2,3)14-6-4-5-13-21(17-9-7-11-19(15-17)22(24,25)26)18-10-8-12-20(16-18)23(27,28)29;/h7-13,15-16H,4-6,14H2,1-3H3;1H/q+1;/p-1. The smallest absolute Gasteiger partial charge is 0.416 e. The van der Waals surface area contributed by atoms with Crippen LogP contribution in [0.1, 0.15) is 41.5 Å². The van der Waals surface area contributed by atoms with Gasteiger partial charge in [0.25, 0.3) is 0 Å². The summed E-state index contributed by atoms with van der Waals surface area (Å²) in [6, 6.07) is 9.41. The van der Waals surface area contributed by atoms with Crippen molar-refractivity contribution in [3.63, 3.8) is 0 Å². The van der Waals surface area contributed by atoms with Crippen LogP contribution in [0, 0.1) is 0 Å². The molecule has 0 atom stereocenters. The summed E-state index contributed by atoms with van der Waals surface area (Å²) in [6.45, 7) is 0.927. The van der Waals surface area contributed by atoms with Gasteiger partial charge >= 0.3 is 12.4 Å². The van der Waals surface area contributed by atoms with Gasteiger partial charge in [0.15, 0.2) is 0 Å². The van der Waals surface area contributed by atoms with Gasteiger partial charge < -0.3 is 28.5 Å². The van der Waals surface area contributed by atoms with Crippen LogP contribution in [0.4, 0.5) is 26.3 Å². The van der Waals surface area contributed by atoms with Crippen molar-refractivity contribution in [3.05, 3.63) is 76.9 Å². The van der Waals surface area contributed by atoms with Crippen molar-refractivity contribution >= 4 is 5.57 Å². The number of alkyl halides is 6. The Bertz CT molecular complexity index is 819. The molecule has 0 aromatic heterocycles. The number of rotatable bonds is 7. The lowest BCUT2D eigenvalue weighted by Crippen LogP contribution is -3.00. The first-order valence-electron chi connectivity index (χ1n) is 9.63. The number of hydrogen-bond acceptors (Lipinski definition) is 0. The molecule has 0 saturated carbocycles. The first-order valence-corrected chi connectivity index (χ1v) is 9.63. The summed E-state index contributed by atoms with van der Waals surface area (Å²) < 4.78 is 79.7. The summed E-state index contributed by atoms with van der Waals surface area (Å²) in [6.07, 6.45) is -5.07. The Balaban J connectivity index is 0.00000480. The number of unbranched alkanes of at least 4 members (excludes halogenated alkanes) is 2. The topological polar surface area (TPSA) is 0 Å². The van der Waals surface area contributed by atoms with Gasteiger partial charge in [-0.15, -0.1) is 0 Å². The number of quaternary nitrogens is 1. The largest absolute Gasteiger partial charge is 1.00 e. The maximum atomic E-state index is 13.1. The lowest BCUT2D eigenvalue weighted by atomic mass is 9.93. The molecule has 0 amide bonds. The second kappa shape index (κ2) is 10.8. The van der Waals surface area contributed by atoms with Crippen molar-refractivity contribution < 1.29 is 54.8 Å². The van der Waals surface area contributed by atoms with Crippen molar-refractivity contribution in [1.29, 1.82) is 0 Å². The molecule has 2 aromatic carbocycles. The highest BCUT2D eigenvalue weighted by Crippen LogP contribution is 2.35. The lowest BCUT2D eigenvalue weighted by Gasteiger charge is -2.23. The van der Waals surface area contributed by atoms with Crippen LogP contribution in [0.25, 0.3) is 5.57 Å². The minimum Gasteiger partial charge on any atom is -1.00 e. The van der Waals surface area contributed by atoms with Crippen molar-refractivity contribution in [3.8, 4) is 0 Å².